The summed E-state index contributed by atoms with van der Waals surface area (Å²) in [5.74, 6) is 5.15. The molecule has 0 spiro atoms. The summed E-state index contributed by atoms with van der Waals surface area (Å²) in [7, 11) is 4.56. The average Bonchev–Trinajstić information content (AvgIpc) is 2.65. The van der Waals surface area contributed by atoms with E-state index < -0.39 is 0 Å². The van der Waals surface area contributed by atoms with Gasteiger partial charge in [-0.05, 0) is 43.7 Å². The van der Waals surface area contributed by atoms with E-state index in [1.807, 2.05) is 0 Å². The normalized spacial score (nSPS) is 50.8. The number of piperidine rings is 1. The van der Waals surface area contributed by atoms with Crippen molar-refractivity contribution in [3.05, 3.63) is 0 Å². The van der Waals surface area contributed by atoms with Crippen LogP contribution in [0.15, 0.2) is 0 Å². The Morgan fingerprint density at radius 1 is 0.765 bits per heavy atom. The molecule has 3 heterocycles. The van der Waals surface area contributed by atoms with Crippen molar-refractivity contribution < 1.29 is 0 Å². The fraction of sp³-hybridized carbons (Fsp3) is 1.00. The summed E-state index contributed by atoms with van der Waals surface area (Å²) >= 11 is 0. The van der Waals surface area contributed by atoms with E-state index in [1.165, 1.54) is 45.8 Å². The molecule has 0 aromatic heterocycles. The van der Waals surface area contributed by atoms with E-state index in [2.05, 4.69) is 28.8 Å². The molecule has 3 heteroatoms. The van der Waals surface area contributed by atoms with Crippen molar-refractivity contribution in [2.24, 2.45) is 29.6 Å². The van der Waals surface area contributed by atoms with Crippen molar-refractivity contribution in [1.82, 2.24) is 14.7 Å². The van der Waals surface area contributed by atoms with E-state index in [1.54, 1.807) is 0 Å². The third-order valence-electron chi connectivity index (χ3n) is 5.77. The van der Waals surface area contributed by atoms with Gasteiger partial charge in [0.15, 0.2) is 0 Å². The zero-order valence-corrected chi connectivity index (χ0v) is 11.2. The predicted molar refractivity (Wildman–Crippen MR) is 68.9 cm³/mol. The molecule has 0 aromatic rings. The second-order valence-electron chi connectivity index (χ2n) is 7.17. The summed E-state index contributed by atoms with van der Waals surface area (Å²) < 4.78 is 0. The maximum Gasteiger partial charge on any atom is 0.00258 e. The van der Waals surface area contributed by atoms with Crippen LogP contribution in [0.25, 0.3) is 0 Å². The van der Waals surface area contributed by atoms with Gasteiger partial charge in [0.1, 0.15) is 0 Å². The fourth-order valence-electron chi connectivity index (χ4n) is 4.90. The highest BCUT2D eigenvalue weighted by Crippen LogP contribution is 2.52. The minimum Gasteiger partial charge on any atom is -0.306 e. The van der Waals surface area contributed by atoms with Crippen LogP contribution in [0.2, 0.25) is 0 Å². The van der Waals surface area contributed by atoms with Gasteiger partial charge in [-0.25, -0.2) is 0 Å². The van der Waals surface area contributed by atoms with Crippen LogP contribution in [0.3, 0.4) is 0 Å². The molecule has 0 aromatic carbocycles. The lowest BCUT2D eigenvalue weighted by Gasteiger charge is -2.21. The van der Waals surface area contributed by atoms with Gasteiger partial charge in [0.05, 0.1) is 0 Å². The highest BCUT2D eigenvalue weighted by atomic mass is 15.2. The van der Waals surface area contributed by atoms with Gasteiger partial charge in [-0.3, -0.25) is 0 Å². The molecule has 0 N–H and O–H groups in total. The lowest BCUT2D eigenvalue weighted by atomic mass is 10.0. The van der Waals surface area contributed by atoms with Crippen LogP contribution in [0.5, 0.6) is 0 Å². The highest BCUT2D eigenvalue weighted by Gasteiger charge is 2.55. The molecule has 3 nitrogen and oxygen atoms in total. The van der Waals surface area contributed by atoms with Gasteiger partial charge in [-0.1, -0.05) is 0 Å². The molecular formula is C14H25N3. The number of rotatable bonds is 2. The molecule has 4 unspecified atom stereocenters. The molecule has 0 radical (unpaired) electrons. The first-order valence-electron chi connectivity index (χ1n) is 7.30. The van der Waals surface area contributed by atoms with E-state index in [0.29, 0.717) is 0 Å². The zero-order chi connectivity index (χ0) is 11.6. The average molecular weight is 235 g/mol. The SMILES string of the molecule is CN1CC2CN(CC3C4CN(C)CC43)CC2C1. The maximum atomic E-state index is 2.78. The Morgan fingerprint density at radius 2 is 1.29 bits per heavy atom. The quantitative estimate of drug-likeness (QED) is 0.681. The minimum absolute atomic E-state index is 0.987. The first-order valence-corrected chi connectivity index (χ1v) is 7.30. The Kier molecular flexibility index (Phi) is 2.34. The Hall–Kier alpha value is -0.120. The van der Waals surface area contributed by atoms with Gasteiger partial charge in [-0.15, -0.1) is 0 Å². The molecule has 4 rings (SSSR count). The maximum absolute atomic E-state index is 2.78. The van der Waals surface area contributed by atoms with Crippen molar-refractivity contribution in [2.45, 2.75) is 0 Å². The molecule has 4 fully saturated rings. The second kappa shape index (κ2) is 3.69. The second-order valence-corrected chi connectivity index (χ2v) is 7.17. The van der Waals surface area contributed by atoms with Gasteiger partial charge >= 0.3 is 0 Å². The van der Waals surface area contributed by atoms with Gasteiger partial charge in [0.2, 0.25) is 0 Å². The molecule has 3 aliphatic heterocycles. The monoisotopic (exact) mass is 235 g/mol. The van der Waals surface area contributed by atoms with Gasteiger partial charge in [-0.2, -0.15) is 0 Å². The number of nitrogens with zero attached hydrogens (tertiary/aromatic N) is 3. The number of hydrogen-bond acceptors (Lipinski definition) is 3. The fourth-order valence-corrected chi connectivity index (χ4v) is 4.90. The van der Waals surface area contributed by atoms with Gasteiger partial charge in [0.25, 0.3) is 0 Å². The first kappa shape index (κ1) is 10.8. The summed E-state index contributed by atoms with van der Waals surface area (Å²) in [5, 5.41) is 0. The van der Waals surface area contributed by atoms with Crippen molar-refractivity contribution in [2.75, 3.05) is 59.9 Å². The van der Waals surface area contributed by atoms with Crippen LogP contribution in [-0.4, -0.2) is 74.6 Å². The van der Waals surface area contributed by atoms with E-state index in [0.717, 1.165) is 29.6 Å². The standard InChI is InChI=1S/C14H25N3/c1-15-3-10-5-17(6-11(10)4-15)9-14-12-7-16(2)8-13(12)14/h10-14H,3-9H2,1-2H3. The van der Waals surface area contributed by atoms with Crippen molar-refractivity contribution in [3.8, 4) is 0 Å². The predicted octanol–water partition coefficient (Wildman–Crippen LogP) is 0.287. The van der Waals surface area contributed by atoms with Gasteiger partial charge < -0.3 is 14.7 Å². The van der Waals surface area contributed by atoms with Crippen LogP contribution in [0, 0.1) is 29.6 Å². The van der Waals surface area contributed by atoms with E-state index in [-0.39, 0.29) is 0 Å². The van der Waals surface area contributed by atoms with Crippen molar-refractivity contribution in [1.29, 1.82) is 0 Å². The Labute approximate surface area is 105 Å². The molecule has 3 saturated heterocycles. The highest BCUT2D eigenvalue weighted by molar-refractivity contribution is 5.06. The minimum atomic E-state index is 0.987. The molecule has 96 valence electrons. The molecule has 0 amide bonds. The molecular weight excluding hydrogens is 210 g/mol. The third kappa shape index (κ3) is 1.74. The van der Waals surface area contributed by atoms with Crippen LogP contribution in [0.1, 0.15) is 0 Å². The third-order valence-corrected chi connectivity index (χ3v) is 5.77. The zero-order valence-electron chi connectivity index (χ0n) is 11.2. The van der Waals surface area contributed by atoms with Crippen LogP contribution in [0.4, 0.5) is 0 Å². The molecule has 4 aliphatic rings. The molecule has 17 heavy (non-hydrogen) atoms. The van der Waals surface area contributed by atoms with E-state index in [9.17, 15) is 0 Å². The lowest BCUT2D eigenvalue weighted by Crippen LogP contribution is -2.31. The Bertz CT molecular complexity index is 293. The molecule has 0 bridgehead atoms. The molecule has 1 aliphatic carbocycles. The van der Waals surface area contributed by atoms with E-state index >= 15 is 0 Å². The number of hydrogen-bond donors (Lipinski definition) is 0. The molecule has 4 atom stereocenters. The Morgan fingerprint density at radius 3 is 1.88 bits per heavy atom. The van der Waals surface area contributed by atoms with Crippen LogP contribution in [-0.2, 0) is 0 Å². The summed E-state index contributed by atoms with van der Waals surface area (Å²) in [6.45, 7) is 9.64. The van der Waals surface area contributed by atoms with Crippen molar-refractivity contribution >= 4 is 0 Å². The smallest absolute Gasteiger partial charge is 0.00258 e. The summed E-state index contributed by atoms with van der Waals surface area (Å²) in [6.07, 6.45) is 0. The Balaban J connectivity index is 1.30. The number of likely N-dealkylation sites (tertiary alicyclic amines) is 3. The first-order chi connectivity index (χ1) is 8.20. The molecule has 1 saturated carbocycles. The summed E-state index contributed by atoms with van der Waals surface area (Å²) in [6, 6.07) is 0. The summed E-state index contributed by atoms with van der Waals surface area (Å²) in [5.41, 5.74) is 0. The summed E-state index contributed by atoms with van der Waals surface area (Å²) in [4.78, 5) is 7.82. The van der Waals surface area contributed by atoms with Crippen molar-refractivity contribution in [3.63, 3.8) is 0 Å². The van der Waals surface area contributed by atoms with Crippen LogP contribution < -0.4 is 0 Å². The lowest BCUT2D eigenvalue weighted by molar-refractivity contribution is 0.245. The van der Waals surface area contributed by atoms with E-state index in [4.69, 9.17) is 0 Å². The number of fused-ring (bicyclic) bond motifs is 2. The van der Waals surface area contributed by atoms with Gasteiger partial charge in [0, 0.05) is 45.8 Å². The van der Waals surface area contributed by atoms with Crippen LogP contribution >= 0.6 is 0 Å². The topological polar surface area (TPSA) is 9.72 Å². The largest absolute Gasteiger partial charge is 0.306 e.